The molecule has 0 amide bonds. The highest BCUT2D eigenvalue weighted by Gasteiger charge is 2.17. The third-order valence-electron chi connectivity index (χ3n) is 2.70. The Hall–Kier alpha value is -1.77. The van der Waals surface area contributed by atoms with Gasteiger partial charge in [-0.3, -0.25) is 9.44 Å². The maximum atomic E-state index is 12.3. The molecule has 0 aliphatic rings. The summed E-state index contributed by atoms with van der Waals surface area (Å²) in [4.78, 5) is 0.0651. The molecule has 9 heteroatoms. The van der Waals surface area contributed by atoms with Gasteiger partial charge in [0.05, 0.1) is 16.3 Å². The fourth-order valence-electron chi connectivity index (χ4n) is 1.77. The third kappa shape index (κ3) is 4.36. The number of nitrogens with one attached hydrogen (secondary N) is 2. The molecule has 0 heterocycles. The second kappa shape index (κ2) is 6.15. The van der Waals surface area contributed by atoms with Gasteiger partial charge in [-0.15, -0.1) is 0 Å². The van der Waals surface area contributed by atoms with Gasteiger partial charge in [-0.05, 0) is 36.8 Å². The highest BCUT2D eigenvalue weighted by Crippen LogP contribution is 2.27. The van der Waals surface area contributed by atoms with Gasteiger partial charge in [0.15, 0.2) is 0 Å². The minimum Gasteiger partial charge on any atom is -0.277 e. The Morgan fingerprint density at radius 3 is 2.09 bits per heavy atom. The van der Waals surface area contributed by atoms with Crippen LogP contribution in [0.25, 0.3) is 0 Å². The van der Waals surface area contributed by atoms with E-state index in [0.29, 0.717) is 0 Å². The van der Waals surface area contributed by atoms with Crippen molar-refractivity contribution in [1.29, 1.82) is 0 Å². The lowest BCUT2D eigenvalue weighted by Gasteiger charge is -2.13. The smallest absolute Gasteiger partial charge is 0.277 e. The highest BCUT2D eigenvalue weighted by atomic mass is 35.7. The number of benzene rings is 2. The van der Waals surface area contributed by atoms with Crippen LogP contribution >= 0.6 is 10.7 Å². The Bertz CT molecular complexity index is 882. The molecule has 118 valence electrons. The van der Waals surface area contributed by atoms with Crippen molar-refractivity contribution in [2.24, 2.45) is 0 Å². The number of hydrogen-bond donors (Lipinski definition) is 2. The molecular formula is C13H13ClN2O4S2. The molecule has 0 unspecified atom stereocenters. The standard InChI is InChI=1S/C13H13ClN2O4S2/c1-10-7-8-12(13(9-10)16-22(14,19)20)15-21(17,18)11-5-3-2-4-6-11/h2-9,15-16H,1H3. The van der Waals surface area contributed by atoms with Crippen molar-refractivity contribution < 1.29 is 16.8 Å². The van der Waals surface area contributed by atoms with Crippen molar-refractivity contribution in [3.8, 4) is 0 Å². The summed E-state index contributed by atoms with van der Waals surface area (Å²) in [6, 6.07) is 12.3. The molecule has 2 aromatic carbocycles. The van der Waals surface area contributed by atoms with Gasteiger partial charge in [0.1, 0.15) is 0 Å². The first-order valence-electron chi connectivity index (χ1n) is 6.08. The van der Waals surface area contributed by atoms with Crippen LogP contribution in [0.3, 0.4) is 0 Å². The largest absolute Gasteiger partial charge is 0.319 e. The number of hydrogen-bond acceptors (Lipinski definition) is 4. The Morgan fingerprint density at radius 1 is 0.864 bits per heavy atom. The van der Waals surface area contributed by atoms with Crippen LogP contribution < -0.4 is 9.44 Å². The summed E-state index contributed by atoms with van der Waals surface area (Å²) in [5.41, 5.74) is 0.874. The van der Waals surface area contributed by atoms with E-state index in [1.165, 1.54) is 24.3 Å². The first-order chi connectivity index (χ1) is 10.2. The second-order valence-corrected chi connectivity index (χ2v) is 8.49. The Morgan fingerprint density at radius 2 is 1.50 bits per heavy atom. The first kappa shape index (κ1) is 16.6. The van der Waals surface area contributed by atoms with Gasteiger partial charge in [-0.2, -0.15) is 8.42 Å². The van der Waals surface area contributed by atoms with Gasteiger partial charge >= 0.3 is 9.24 Å². The van der Waals surface area contributed by atoms with Crippen LogP contribution in [0.4, 0.5) is 11.4 Å². The molecule has 22 heavy (non-hydrogen) atoms. The van der Waals surface area contributed by atoms with E-state index < -0.39 is 19.3 Å². The highest BCUT2D eigenvalue weighted by molar-refractivity contribution is 8.14. The lowest BCUT2D eigenvalue weighted by atomic mass is 10.2. The fraction of sp³-hybridized carbons (Fsp3) is 0.0769. The van der Waals surface area contributed by atoms with Crippen LogP contribution in [0.15, 0.2) is 53.4 Å². The summed E-state index contributed by atoms with van der Waals surface area (Å²) >= 11 is 0. The van der Waals surface area contributed by atoms with Crippen LogP contribution in [0, 0.1) is 6.92 Å². The number of sulfonamides is 1. The molecule has 0 atom stereocenters. The summed E-state index contributed by atoms with van der Waals surface area (Å²) in [5, 5.41) is 0. The number of rotatable bonds is 5. The average Bonchev–Trinajstić information content (AvgIpc) is 2.41. The van der Waals surface area contributed by atoms with Crippen molar-refractivity contribution in [2.75, 3.05) is 9.44 Å². The van der Waals surface area contributed by atoms with Gasteiger partial charge in [-0.25, -0.2) is 8.42 Å². The monoisotopic (exact) mass is 360 g/mol. The van der Waals surface area contributed by atoms with E-state index in [1.807, 2.05) is 0 Å². The zero-order chi connectivity index (χ0) is 16.4. The summed E-state index contributed by atoms with van der Waals surface area (Å²) in [7, 11) is -2.72. The first-order valence-corrected chi connectivity index (χ1v) is 9.87. The van der Waals surface area contributed by atoms with Gasteiger partial charge in [-0.1, -0.05) is 24.3 Å². The molecule has 0 fully saturated rings. The van der Waals surface area contributed by atoms with E-state index in [-0.39, 0.29) is 16.3 Å². The predicted octanol–water partition coefficient (Wildman–Crippen LogP) is 2.69. The molecule has 0 spiro atoms. The van der Waals surface area contributed by atoms with Gasteiger partial charge in [0, 0.05) is 10.7 Å². The van der Waals surface area contributed by atoms with Crippen LogP contribution in [-0.2, 0) is 19.3 Å². The van der Waals surface area contributed by atoms with Crippen molar-refractivity contribution >= 4 is 41.3 Å². The molecular weight excluding hydrogens is 348 g/mol. The van der Waals surface area contributed by atoms with Crippen LogP contribution in [-0.4, -0.2) is 16.8 Å². The molecule has 0 saturated carbocycles. The zero-order valence-electron chi connectivity index (χ0n) is 11.4. The molecule has 0 aliphatic carbocycles. The van der Waals surface area contributed by atoms with E-state index in [1.54, 1.807) is 31.2 Å². The summed E-state index contributed by atoms with van der Waals surface area (Å²) < 4.78 is 51.3. The average molecular weight is 361 g/mol. The quantitative estimate of drug-likeness (QED) is 0.802. The van der Waals surface area contributed by atoms with Crippen LogP contribution in [0.1, 0.15) is 5.56 Å². The summed E-state index contributed by atoms with van der Waals surface area (Å²) in [5.74, 6) is 0. The minimum absolute atomic E-state index is 0.0505. The summed E-state index contributed by atoms with van der Waals surface area (Å²) in [6.07, 6.45) is 0. The molecule has 2 rings (SSSR count). The van der Waals surface area contributed by atoms with Crippen LogP contribution in [0.5, 0.6) is 0 Å². The van der Waals surface area contributed by atoms with Gasteiger partial charge in [0.25, 0.3) is 10.0 Å². The van der Waals surface area contributed by atoms with E-state index in [4.69, 9.17) is 10.7 Å². The number of aryl methyl sites for hydroxylation is 1. The second-order valence-electron chi connectivity index (χ2n) is 4.51. The van der Waals surface area contributed by atoms with E-state index in [2.05, 4.69) is 9.44 Å². The molecule has 0 aliphatic heterocycles. The predicted molar refractivity (Wildman–Crippen MR) is 86.8 cm³/mol. The van der Waals surface area contributed by atoms with E-state index >= 15 is 0 Å². The SMILES string of the molecule is Cc1ccc(NS(=O)(=O)c2ccccc2)c(NS(=O)(=O)Cl)c1. The van der Waals surface area contributed by atoms with E-state index in [9.17, 15) is 16.8 Å². The molecule has 6 nitrogen and oxygen atoms in total. The summed E-state index contributed by atoms with van der Waals surface area (Å²) in [6.45, 7) is 1.74. The molecule has 0 radical (unpaired) electrons. The Kier molecular flexibility index (Phi) is 4.64. The van der Waals surface area contributed by atoms with Crippen molar-refractivity contribution in [1.82, 2.24) is 0 Å². The van der Waals surface area contributed by atoms with Gasteiger partial charge < -0.3 is 0 Å². The van der Waals surface area contributed by atoms with Crippen molar-refractivity contribution in [2.45, 2.75) is 11.8 Å². The normalized spacial score (nSPS) is 11.9. The molecule has 0 bridgehead atoms. The molecule has 2 aromatic rings. The zero-order valence-corrected chi connectivity index (χ0v) is 13.8. The Balaban J connectivity index is 2.42. The molecule has 0 saturated heterocycles. The topological polar surface area (TPSA) is 92.3 Å². The molecule has 2 N–H and O–H groups in total. The number of anilines is 2. The third-order valence-corrected chi connectivity index (χ3v) is 4.78. The fourth-order valence-corrected chi connectivity index (χ4v) is 3.55. The Labute approximate surface area is 133 Å². The maximum absolute atomic E-state index is 12.3. The van der Waals surface area contributed by atoms with Crippen molar-refractivity contribution in [3.05, 3.63) is 54.1 Å². The lowest BCUT2D eigenvalue weighted by molar-refractivity contribution is 0.601. The van der Waals surface area contributed by atoms with E-state index in [0.717, 1.165) is 5.56 Å². The molecule has 0 aromatic heterocycles. The van der Waals surface area contributed by atoms with Crippen LogP contribution in [0.2, 0.25) is 0 Å². The minimum atomic E-state index is -4.05. The van der Waals surface area contributed by atoms with Gasteiger partial charge in [0.2, 0.25) is 0 Å². The lowest BCUT2D eigenvalue weighted by Crippen LogP contribution is -2.15. The number of halogens is 1. The van der Waals surface area contributed by atoms with Crippen molar-refractivity contribution in [3.63, 3.8) is 0 Å². The maximum Gasteiger partial charge on any atom is 0.319 e.